The van der Waals surface area contributed by atoms with E-state index in [1.165, 1.54) is 19.3 Å². The number of hydrogen-bond donors (Lipinski definition) is 1. The molecule has 1 saturated heterocycles. The number of hydrogen-bond acceptors (Lipinski definition) is 3. The highest BCUT2D eigenvalue weighted by atomic mass is 16.5. The van der Waals surface area contributed by atoms with Crippen molar-refractivity contribution in [2.45, 2.75) is 32.3 Å². The summed E-state index contributed by atoms with van der Waals surface area (Å²) in [6.45, 7) is 7.46. The van der Waals surface area contributed by atoms with Gasteiger partial charge in [0.15, 0.2) is 0 Å². The number of likely N-dealkylation sites (N-methyl/N-ethyl adjacent to an activating group) is 2. The van der Waals surface area contributed by atoms with Crippen molar-refractivity contribution >= 4 is 0 Å². The third-order valence-corrected chi connectivity index (χ3v) is 2.71. The molecule has 0 aromatic heterocycles. The van der Waals surface area contributed by atoms with E-state index in [0.29, 0.717) is 6.10 Å². The van der Waals surface area contributed by atoms with Crippen molar-refractivity contribution in [3.8, 4) is 0 Å². The zero-order valence-electron chi connectivity index (χ0n) is 9.59. The summed E-state index contributed by atoms with van der Waals surface area (Å²) in [7, 11) is 2.18. The fraction of sp³-hybridized carbons (Fsp3) is 1.00. The van der Waals surface area contributed by atoms with E-state index in [4.69, 9.17) is 4.74 Å². The Hall–Kier alpha value is -0.120. The van der Waals surface area contributed by atoms with E-state index in [1.54, 1.807) is 0 Å². The lowest BCUT2D eigenvalue weighted by Gasteiger charge is -2.27. The predicted molar refractivity (Wildman–Crippen MR) is 59.6 cm³/mol. The van der Waals surface area contributed by atoms with Gasteiger partial charge >= 0.3 is 0 Å². The van der Waals surface area contributed by atoms with Crippen molar-refractivity contribution in [1.29, 1.82) is 0 Å². The SMILES string of the molecule is CCNCCN(C)CC1CCCCO1. The molecule has 0 saturated carbocycles. The molecule has 0 aliphatic carbocycles. The van der Waals surface area contributed by atoms with Crippen LogP contribution in [0.15, 0.2) is 0 Å². The molecule has 0 spiro atoms. The van der Waals surface area contributed by atoms with Crippen LogP contribution in [-0.4, -0.2) is 50.8 Å². The lowest BCUT2D eigenvalue weighted by atomic mass is 10.1. The van der Waals surface area contributed by atoms with Crippen molar-refractivity contribution in [3.05, 3.63) is 0 Å². The standard InChI is InChI=1S/C11H24N2O/c1-3-12-7-8-13(2)10-11-6-4-5-9-14-11/h11-12H,3-10H2,1-2H3. The van der Waals surface area contributed by atoms with E-state index in [0.717, 1.165) is 32.8 Å². The minimum absolute atomic E-state index is 0.482. The highest BCUT2D eigenvalue weighted by Crippen LogP contribution is 2.12. The maximum atomic E-state index is 5.69. The van der Waals surface area contributed by atoms with Crippen LogP contribution in [0.5, 0.6) is 0 Å². The average molecular weight is 200 g/mol. The Bertz CT molecular complexity index is 135. The molecule has 0 radical (unpaired) electrons. The van der Waals surface area contributed by atoms with Crippen molar-refractivity contribution in [1.82, 2.24) is 10.2 Å². The molecule has 1 aliphatic rings. The highest BCUT2D eigenvalue weighted by Gasteiger charge is 2.15. The molecule has 1 unspecified atom stereocenters. The second-order valence-corrected chi connectivity index (χ2v) is 4.10. The van der Waals surface area contributed by atoms with Gasteiger partial charge in [0.05, 0.1) is 6.10 Å². The fourth-order valence-electron chi connectivity index (χ4n) is 1.84. The Labute approximate surface area is 87.8 Å². The third kappa shape index (κ3) is 4.94. The van der Waals surface area contributed by atoms with Crippen LogP contribution in [0.2, 0.25) is 0 Å². The molecule has 0 aromatic rings. The van der Waals surface area contributed by atoms with Gasteiger partial charge in [-0.05, 0) is 32.9 Å². The molecule has 1 heterocycles. The van der Waals surface area contributed by atoms with Crippen LogP contribution in [0.4, 0.5) is 0 Å². The van der Waals surface area contributed by atoms with Crippen LogP contribution >= 0.6 is 0 Å². The van der Waals surface area contributed by atoms with Crippen LogP contribution in [0.25, 0.3) is 0 Å². The summed E-state index contributed by atoms with van der Waals surface area (Å²) in [5.41, 5.74) is 0. The minimum atomic E-state index is 0.482. The van der Waals surface area contributed by atoms with Crippen LogP contribution in [0.1, 0.15) is 26.2 Å². The molecule has 3 nitrogen and oxygen atoms in total. The molecule has 3 heteroatoms. The third-order valence-electron chi connectivity index (χ3n) is 2.71. The molecule has 84 valence electrons. The van der Waals surface area contributed by atoms with Crippen molar-refractivity contribution in [3.63, 3.8) is 0 Å². The first-order chi connectivity index (χ1) is 6.83. The Balaban J connectivity index is 2.03. The zero-order chi connectivity index (χ0) is 10.2. The maximum absolute atomic E-state index is 5.69. The second-order valence-electron chi connectivity index (χ2n) is 4.10. The number of nitrogens with zero attached hydrogens (tertiary/aromatic N) is 1. The molecule has 1 atom stereocenters. The Morgan fingerprint density at radius 2 is 2.29 bits per heavy atom. The van der Waals surface area contributed by atoms with Crippen LogP contribution < -0.4 is 5.32 Å². The number of rotatable bonds is 6. The Kier molecular flexibility index (Phi) is 6.15. The zero-order valence-corrected chi connectivity index (χ0v) is 9.59. The van der Waals surface area contributed by atoms with Crippen molar-refractivity contribution < 1.29 is 4.74 Å². The van der Waals surface area contributed by atoms with E-state index in [2.05, 4.69) is 24.2 Å². The van der Waals surface area contributed by atoms with E-state index >= 15 is 0 Å². The van der Waals surface area contributed by atoms with Crippen LogP contribution in [0.3, 0.4) is 0 Å². The minimum Gasteiger partial charge on any atom is -0.377 e. The first-order valence-corrected chi connectivity index (χ1v) is 5.83. The molecule has 1 N–H and O–H groups in total. The highest BCUT2D eigenvalue weighted by molar-refractivity contribution is 4.67. The quantitative estimate of drug-likeness (QED) is 0.650. The largest absolute Gasteiger partial charge is 0.377 e. The molecule has 14 heavy (non-hydrogen) atoms. The van der Waals surface area contributed by atoms with Crippen molar-refractivity contribution in [2.24, 2.45) is 0 Å². The van der Waals surface area contributed by atoms with Crippen LogP contribution in [-0.2, 0) is 4.74 Å². The predicted octanol–water partition coefficient (Wildman–Crippen LogP) is 1.10. The second kappa shape index (κ2) is 7.21. The summed E-state index contributed by atoms with van der Waals surface area (Å²) in [5.74, 6) is 0. The topological polar surface area (TPSA) is 24.5 Å². The molecule has 1 fully saturated rings. The lowest BCUT2D eigenvalue weighted by molar-refractivity contribution is -0.00120. The number of ether oxygens (including phenoxy) is 1. The average Bonchev–Trinajstić information content (AvgIpc) is 2.20. The van der Waals surface area contributed by atoms with Gasteiger partial charge in [-0.25, -0.2) is 0 Å². The van der Waals surface area contributed by atoms with E-state index < -0.39 is 0 Å². The normalized spacial score (nSPS) is 22.9. The molecule has 0 aromatic carbocycles. The molecule has 0 bridgehead atoms. The van der Waals surface area contributed by atoms with Gasteiger partial charge in [-0.3, -0.25) is 0 Å². The van der Waals surface area contributed by atoms with Gasteiger partial charge in [0, 0.05) is 26.2 Å². The summed E-state index contributed by atoms with van der Waals surface area (Å²) < 4.78 is 5.69. The van der Waals surface area contributed by atoms with Gasteiger partial charge in [0.1, 0.15) is 0 Å². The maximum Gasteiger partial charge on any atom is 0.0701 e. The van der Waals surface area contributed by atoms with Gasteiger partial charge < -0.3 is 15.0 Å². The lowest BCUT2D eigenvalue weighted by Crippen LogP contribution is -2.37. The molecular weight excluding hydrogens is 176 g/mol. The van der Waals surface area contributed by atoms with Crippen LogP contribution in [0, 0.1) is 0 Å². The molecular formula is C11H24N2O. The van der Waals surface area contributed by atoms with Gasteiger partial charge in [-0.2, -0.15) is 0 Å². The summed E-state index contributed by atoms with van der Waals surface area (Å²) >= 11 is 0. The number of nitrogens with one attached hydrogen (secondary N) is 1. The first kappa shape index (κ1) is 12.0. The van der Waals surface area contributed by atoms with Crippen molar-refractivity contribution in [2.75, 3.05) is 39.8 Å². The summed E-state index contributed by atoms with van der Waals surface area (Å²) in [6, 6.07) is 0. The fourth-order valence-corrected chi connectivity index (χ4v) is 1.84. The summed E-state index contributed by atoms with van der Waals surface area (Å²) in [5, 5.41) is 3.33. The molecule has 0 amide bonds. The molecule has 1 rings (SSSR count). The van der Waals surface area contributed by atoms with E-state index in [-0.39, 0.29) is 0 Å². The van der Waals surface area contributed by atoms with E-state index in [9.17, 15) is 0 Å². The summed E-state index contributed by atoms with van der Waals surface area (Å²) in [6.07, 6.45) is 4.31. The monoisotopic (exact) mass is 200 g/mol. The summed E-state index contributed by atoms with van der Waals surface area (Å²) in [4.78, 5) is 2.36. The Morgan fingerprint density at radius 3 is 2.93 bits per heavy atom. The smallest absolute Gasteiger partial charge is 0.0701 e. The van der Waals surface area contributed by atoms with Gasteiger partial charge in [0.25, 0.3) is 0 Å². The van der Waals surface area contributed by atoms with Gasteiger partial charge in [0.2, 0.25) is 0 Å². The first-order valence-electron chi connectivity index (χ1n) is 5.83. The Morgan fingerprint density at radius 1 is 1.43 bits per heavy atom. The molecule has 1 aliphatic heterocycles. The van der Waals surface area contributed by atoms with Gasteiger partial charge in [-0.1, -0.05) is 6.92 Å². The van der Waals surface area contributed by atoms with Gasteiger partial charge in [-0.15, -0.1) is 0 Å². The van der Waals surface area contributed by atoms with E-state index in [1.807, 2.05) is 0 Å².